The van der Waals surface area contributed by atoms with E-state index in [2.05, 4.69) is 0 Å². The zero-order valence-corrected chi connectivity index (χ0v) is 9.40. The van der Waals surface area contributed by atoms with Gasteiger partial charge in [0.15, 0.2) is 0 Å². The van der Waals surface area contributed by atoms with Crippen molar-refractivity contribution >= 4 is 17.4 Å². The smallest absolute Gasteiger partial charge is 0.213 e. The maximum atomic E-state index is 12.1. The Morgan fingerprint density at radius 1 is 1.38 bits per heavy atom. The zero-order valence-electron chi connectivity index (χ0n) is 8.64. The molecule has 16 heavy (non-hydrogen) atoms. The summed E-state index contributed by atoms with van der Waals surface area (Å²) >= 11 is 5.79. The van der Waals surface area contributed by atoms with Gasteiger partial charge in [0.25, 0.3) is 0 Å². The van der Waals surface area contributed by atoms with Gasteiger partial charge >= 0.3 is 0 Å². The molecule has 0 spiro atoms. The van der Waals surface area contributed by atoms with Gasteiger partial charge < -0.3 is 9.67 Å². The highest BCUT2D eigenvalue weighted by atomic mass is 35.5. The Morgan fingerprint density at radius 3 is 2.75 bits per heavy atom. The van der Waals surface area contributed by atoms with Crippen molar-refractivity contribution in [2.75, 3.05) is 0 Å². The lowest BCUT2D eigenvalue weighted by Gasteiger charge is -2.05. The fourth-order valence-electron chi connectivity index (χ4n) is 1.53. The van der Waals surface area contributed by atoms with Crippen molar-refractivity contribution in [3.8, 4) is 5.75 Å². The standard InChI is InChI=1S/C12H10ClNO2/c1-14-6-2-3-10(14)12(16)9-7-8(13)4-5-11(9)15/h2-7,15H,1H3. The number of carbonyl (C=O) groups excluding carboxylic acids is 1. The molecule has 0 saturated carbocycles. The molecule has 0 unspecified atom stereocenters. The molecule has 0 aliphatic heterocycles. The van der Waals surface area contributed by atoms with E-state index in [9.17, 15) is 9.90 Å². The lowest BCUT2D eigenvalue weighted by atomic mass is 10.1. The number of hydrogen-bond donors (Lipinski definition) is 1. The maximum absolute atomic E-state index is 12.1. The van der Waals surface area contributed by atoms with E-state index >= 15 is 0 Å². The minimum atomic E-state index is -0.243. The first-order valence-corrected chi connectivity index (χ1v) is 5.12. The average Bonchev–Trinajstić information content (AvgIpc) is 2.67. The van der Waals surface area contributed by atoms with Crippen LogP contribution in [0.4, 0.5) is 0 Å². The molecule has 3 nitrogen and oxygen atoms in total. The molecule has 82 valence electrons. The molecule has 2 rings (SSSR count). The predicted molar refractivity (Wildman–Crippen MR) is 62.0 cm³/mol. The maximum Gasteiger partial charge on any atom is 0.213 e. The van der Waals surface area contributed by atoms with E-state index < -0.39 is 0 Å². The number of aryl methyl sites for hydroxylation is 1. The second-order valence-corrected chi connectivity index (χ2v) is 3.93. The summed E-state index contributed by atoms with van der Waals surface area (Å²) in [7, 11) is 1.77. The Hall–Kier alpha value is -1.74. The number of phenols is 1. The van der Waals surface area contributed by atoms with Crippen molar-refractivity contribution in [1.82, 2.24) is 4.57 Å². The largest absolute Gasteiger partial charge is 0.507 e. The Balaban J connectivity index is 2.49. The number of rotatable bonds is 2. The number of aromatic nitrogens is 1. The summed E-state index contributed by atoms with van der Waals surface area (Å²) in [5.41, 5.74) is 0.729. The normalized spacial score (nSPS) is 10.4. The molecule has 4 heteroatoms. The van der Waals surface area contributed by atoms with Crippen LogP contribution in [-0.4, -0.2) is 15.5 Å². The Morgan fingerprint density at radius 2 is 2.12 bits per heavy atom. The van der Waals surface area contributed by atoms with Gasteiger partial charge in [-0.2, -0.15) is 0 Å². The fourth-order valence-corrected chi connectivity index (χ4v) is 1.70. The van der Waals surface area contributed by atoms with Gasteiger partial charge in [0.05, 0.1) is 11.3 Å². The number of phenolic OH excluding ortho intramolecular Hbond substituents is 1. The molecule has 0 aliphatic rings. The molecule has 0 fully saturated rings. The van der Waals surface area contributed by atoms with Crippen LogP contribution in [0, 0.1) is 0 Å². The predicted octanol–water partition coefficient (Wildman–Crippen LogP) is 2.62. The molecule has 0 radical (unpaired) electrons. The number of halogens is 1. The van der Waals surface area contributed by atoms with Gasteiger partial charge in [0, 0.05) is 18.3 Å². The molecular formula is C12H10ClNO2. The van der Waals surface area contributed by atoms with Crippen molar-refractivity contribution in [1.29, 1.82) is 0 Å². The number of carbonyl (C=O) groups is 1. The van der Waals surface area contributed by atoms with E-state index in [-0.39, 0.29) is 17.1 Å². The topological polar surface area (TPSA) is 42.2 Å². The number of benzene rings is 1. The molecule has 2 aromatic rings. The van der Waals surface area contributed by atoms with Gasteiger partial charge in [-0.05, 0) is 30.3 Å². The van der Waals surface area contributed by atoms with Crippen molar-refractivity contribution in [3.63, 3.8) is 0 Å². The van der Waals surface area contributed by atoms with Gasteiger partial charge in [0.1, 0.15) is 5.75 Å². The van der Waals surface area contributed by atoms with Crippen molar-refractivity contribution < 1.29 is 9.90 Å². The number of ketones is 1. The highest BCUT2D eigenvalue weighted by Gasteiger charge is 2.15. The van der Waals surface area contributed by atoms with Gasteiger partial charge in [-0.1, -0.05) is 11.6 Å². The van der Waals surface area contributed by atoms with Crippen LogP contribution in [0.15, 0.2) is 36.5 Å². The number of aromatic hydroxyl groups is 1. The Labute approximate surface area is 97.9 Å². The van der Waals surface area contributed by atoms with E-state index in [0.717, 1.165) is 0 Å². The molecule has 0 atom stereocenters. The van der Waals surface area contributed by atoms with Crippen LogP contribution in [0.3, 0.4) is 0 Å². The van der Waals surface area contributed by atoms with Crippen LogP contribution in [0.25, 0.3) is 0 Å². The molecule has 1 aromatic heterocycles. The van der Waals surface area contributed by atoms with Crippen LogP contribution in [-0.2, 0) is 7.05 Å². The zero-order chi connectivity index (χ0) is 11.7. The lowest BCUT2D eigenvalue weighted by molar-refractivity contribution is 0.102. The summed E-state index contributed by atoms with van der Waals surface area (Å²) in [5.74, 6) is -0.303. The van der Waals surface area contributed by atoms with Crippen LogP contribution in [0.5, 0.6) is 5.75 Å². The van der Waals surface area contributed by atoms with Crippen LogP contribution < -0.4 is 0 Å². The average molecular weight is 236 g/mol. The van der Waals surface area contributed by atoms with Crippen molar-refractivity contribution in [2.24, 2.45) is 7.05 Å². The third-order valence-electron chi connectivity index (χ3n) is 2.38. The second-order valence-electron chi connectivity index (χ2n) is 3.49. The number of hydrogen-bond acceptors (Lipinski definition) is 2. The van der Waals surface area contributed by atoms with Crippen LogP contribution in [0.1, 0.15) is 16.1 Å². The molecule has 0 amide bonds. The van der Waals surface area contributed by atoms with E-state index in [0.29, 0.717) is 10.7 Å². The minimum absolute atomic E-state index is 0.0596. The van der Waals surface area contributed by atoms with E-state index in [1.807, 2.05) is 0 Å². The van der Waals surface area contributed by atoms with Crippen molar-refractivity contribution in [3.05, 3.63) is 52.8 Å². The first-order chi connectivity index (χ1) is 7.59. The summed E-state index contributed by atoms with van der Waals surface area (Å²) in [6, 6.07) is 7.89. The van der Waals surface area contributed by atoms with Crippen LogP contribution in [0.2, 0.25) is 5.02 Å². The van der Waals surface area contributed by atoms with E-state index in [1.54, 1.807) is 36.0 Å². The Kier molecular flexibility index (Phi) is 2.71. The summed E-state index contributed by atoms with van der Waals surface area (Å²) in [6.45, 7) is 0. The SMILES string of the molecule is Cn1cccc1C(=O)c1cc(Cl)ccc1O. The second kappa shape index (κ2) is 4.02. The van der Waals surface area contributed by atoms with Gasteiger partial charge in [-0.15, -0.1) is 0 Å². The molecular weight excluding hydrogens is 226 g/mol. The quantitative estimate of drug-likeness (QED) is 0.813. The third kappa shape index (κ3) is 1.82. The molecule has 1 aromatic carbocycles. The first-order valence-electron chi connectivity index (χ1n) is 4.74. The fraction of sp³-hybridized carbons (Fsp3) is 0.0833. The van der Waals surface area contributed by atoms with E-state index in [1.165, 1.54) is 12.1 Å². The van der Waals surface area contributed by atoms with Crippen molar-refractivity contribution in [2.45, 2.75) is 0 Å². The summed E-state index contributed by atoms with van der Waals surface area (Å²) in [6.07, 6.45) is 1.77. The lowest BCUT2D eigenvalue weighted by Crippen LogP contribution is -2.06. The highest BCUT2D eigenvalue weighted by molar-refractivity contribution is 6.31. The molecule has 0 aliphatic carbocycles. The Bertz CT molecular complexity index is 546. The molecule has 0 saturated heterocycles. The third-order valence-corrected chi connectivity index (χ3v) is 2.61. The van der Waals surface area contributed by atoms with Crippen LogP contribution >= 0.6 is 11.6 Å². The minimum Gasteiger partial charge on any atom is -0.507 e. The molecule has 1 heterocycles. The summed E-state index contributed by atoms with van der Waals surface area (Å²) < 4.78 is 1.70. The number of nitrogens with zero attached hydrogens (tertiary/aromatic N) is 1. The van der Waals surface area contributed by atoms with E-state index in [4.69, 9.17) is 11.6 Å². The van der Waals surface area contributed by atoms with Gasteiger partial charge in [-0.3, -0.25) is 4.79 Å². The van der Waals surface area contributed by atoms with Gasteiger partial charge in [-0.25, -0.2) is 0 Å². The van der Waals surface area contributed by atoms with Gasteiger partial charge in [0.2, 0.25) is 5.78 Å². The monoisotopic (exact) mass is 235 g/mol. The molecule has 0 bridgehead atoms. The first kappa shape index (κ1) is 10.8. The summed E-state index contributed by atoms with van der Waals surface area (Å²) in [4.78, 5) is 12.1. The molecule has 1 N–H and O–H groups in total. The highest BCUT2D eigenvalue weighted by Crippen LogP contribution is 2.24. The summed E-state index contributed by atoms with van der Waals surface area (Å²) in [5, 5.41) is 10.0.